The Morgan fingerprint density at radius 2 is 0.740 bits per heavy atom. The molecule has 2 heterocycles. The monoisotopic (exact) mass is 724 g/mol. The molecule has 0 aromatic heterocycles. The van der Waals surface area contributed by atoms with Crippen LogP contribution in [-0.4, -0.2) is 6.71 Å². The van der Waals surface area contributed by atoms with Crippen LogP contribution in [0, 0.1) is 0 Å². The van der Waals surface area contributed by atoms with Gasteiger partial charge in [-0.3, -0.25) is 0 Å². The first-order chi connectivity index (χ1) is 23.2. The van der Waals surface area contributed by atoms with Crippen molar-refractivity contribution >= 4 is 39.0 Å². The molecule has 0 saturated heterocycles. The van der Waals surface area contributed by atoms with Gasteiger partial charge in [0.1, 0.15) is 23.0 Å². The van der Waals surface area contributed by atoms with Crippen LogP contribution < -0.4 is 25.9 Å². The molecule has 5 aromatic carbocycles. The predicted molar refractivity (Wildman–Crippen MR) is 218 cm³/mol. The largest absolute Gasteiger partial charge is 0.458 e. The fourth-order valence-electron chi connectivity index (χ4n) is 7.14. The van der Waals surface area contributed by atoms with Crippen molar-refractivity contribution in [2.45, 2.75) is 105 Å². The molecule has 0 amide bonds. The third kappa shape index (κ3) is 6.34. The molecule has 0 N–H and O–H groups in total. The number of rotatable bonds is 2. The molecule has 4 heteroatoms. The van der Waals surface area contributed by atoms with Crippen LogP contribution in [0.1, 0.15) is 105 Å². The van der Waals surface area contributed by atoms with Gasteiger partial charge < -0.3 is 9.47 Å². The number of halogens is 1. The number of ether oxygens (including phenoxy) is 2. The summed E-state index contributed by atoms with van der Waals surface area (Å²) < 4.78 is 14.4. The van der Waals surface area contributed by atoms with Gasteiger partial charge in [-0.25, -0.2) is 0 Å². The van der Waals surface area contributed by atoms with Gasteiger partial charge in [0.2, 0.25) is 0 Å². The molecule has 2 aliphatic heterocycles. The van der Waals surface area contributed by atoms with E-state index in [1.807, 2.05) is 0 Å². The van der Waals surface area contributed by atoms with Crippen LogP contribution in [0.15, 0.2) is 89.4 Å². The van der Waals surface area contributed by atoms with Gasteiger partial charge in [-0.05, 0) is 101 Å². The smallest absolute Gasteiger partial charge is 0.260 e. The molecule has 256 valence electrons. The zero-order valence-electron chi connectivity index (χ0n) is 31.9. The lowest BCUT2D eigenvalue weighted by Gasteiger charge is -2.33. The van der Waals surface area contributed by atoms with Crippen molar-refractivity contribution in [1.29, 1.82) is 0 Å². The first kappa shape index (κ1) is 34.7. The molecule has 2 aliphatic rings. The van der Waals surface area contributed by atoms with Gasteiger partial charge >= 0.3 is 0 Å². The van der Waals surface area contributed by atoms with Gasteiger partial charge in [-0.1, -0.05) is 160 Å². The highest BCUT2D eigenvalue weighted by molar-refractivity contribution is 9.10. The molecule has 0 saturated carbocycles. The summed E-state index contributed by atoms with van der Waals surface area (Å²) in [5.41, 5.74) is 13.7. The Balaban J connectivity index is 1.37. The summed E-state index contributed by atoms with van der Waals surface area (Å²) in [7, 11) is 0. The third-order valence-electron chi connectivity index (χ3n) is 10.4. The highest BCUT2D eigenvalue weighted by Gasteiger charge is 2.40. The Kier molecular flexibility index (Phi) is 8.07. The maximum absolute atomic E-state index is 6.75. The van der Waals surface area contributed by atoms with E-state index >= 15 is 0 Å². The Labute approximate surface area is 308 Å². The summed E-state index contributed by atoms with van der Waals surface area (Å²) in [6, 6.07) is 31.9. The Morgan fingerprint density at radius 3 is 1.06 bits per heavy atom. The maximum Gasteiger partial charge on any atom is 0.260 e. The fraction of sp³-hybridized carbons (Fsp3) is 0.348. The van der Waals surface area contributed by atoms with Crippen molar-refractivity contribution in [2.24, 2.45) is 0 Å². The van der Waals surface area contributed by atoms with Crippen molar-refractivity contribution in [3.63, 3.8) is 0 Å². The average Bonchev–Trinajstić information content (AvgIpc) is 3.01. The van der Waals surface area contributed by atoms with Crippen molar-refractivity contribution in [1.82, 2.24) is 0 Å². The minimum atomic E-state index is 0.000733. The molecule has 5 aromatic rings. The van der Waals surface area contributed by atoms with Gasteiger partial charge in [-0.15, -0.1) is 0 Å². The average molecular weight is 726 g/mol. The number of hydrogen-bond acceptors (Lipinski definition) is 2. The minimum absolute atomic E-state index is 0.000733. The summed E-state index contributed by atoms with van der Waals surface area (Å²) in [5.74, 6) is 3.47. The molecule has 0 bridgehead atoms. The molecule has 2 nitrogen and oxygen atoms in total. The standard InChI is InChI=1S/C46H50BBrO2/c1-43(2,3)31-17-29(18-32(23-31)44(4,5)6)27-13-15-36-38(21-27)49-40-25-35(48)26-41-42(40)47(36)37-16-14-28(22-39(37)50-41)30-19-33(45(7,8)9)24-34(20-30)46(10,11)12/h13-26H,1-12H3. The molecular formula is C46H50BBrO2. The summed E-state index contributed by atoms with van der Waals surface area (Å²) in [6.07, 6.45) is 0. The number of benzene rings is 5. The molecule has 0 radical (unpaired) electrons. The highest BCUT2D eigenvalue weighted by atomic mass is 79.9. The van der Waals surface area contributed by atoms with E-state index in [2.05, 4.69) is 184 Å². The van der Waals surface area contributed by atoms with Gasteiger partial charge in [0.05, 0.1) is 0 Å². The normalized spacial score (nSPS) is 14.0. The van der Waals surface area contributed by atoms with Crippen LogP contribution >= 0.6 is 15.9 Å². The maximum atomic E-state index is 6.75. The van der Waals surface area contributed by atoms with E-state index in [-0.39, 0.29) is 28.4 Å². The lowest BCUT2D eigenvalue weighted by Crippen LogP contribution is -2.57. The van der Waals surface area contributed by atoms with E-state index in [0.29, 0.717) is 0 Å². The topological polar surface area (TPSA) is 18.5 Å². The van der Waals surface area contributed by atoms with Crippen molar-refractivity contribution in [3.05, 3.63) is 112 Å². The Bertz CT molecular complexity index is 1950. The zero-order chi connectivity index (χ0) is 36.1. The summed E-state index contributed by atoms with van der Waals surface area (Å²) in [6.45, 7) is 27.5. The first-order valence-corrected chi connectivity index (χ1v) is 18.8. The van der Waals surface area contributed by atoms with Crippen LogP contribution in [0.5, 0.6) is 23.0 Å². The second-order valence-electron chi connectivity index (χ2n) is 18.6. The molecule has 0 spiro atoms. The molecule has 0 fully saturated rings. The van der Waals surface area contributed by atoms with Gasteiger partial charge in [-0.2, -0.15) is 0 Å². The summed E-state index contributed by atoms with van der Waals surface area (Å²) in [4.78, 5) is 0. The third-order valence-corrected chi connectivity index (χ3v) is 10.9. The molecule has 7 rings (SSSR count). The van der Waals surface area contributed by atoms with E-state index < -0.39 is 0 Å². The van der Waals surface area contributed by atoms with Crippen molar-refractivity contribution in [2.75, 3.05) is 0 Å². The lowest BCUT2D eigenvalue weighted by atomic mass is 9.35. The lowest BCUT2D eigenvalue weighted by molar-refractivity contribution is 0.464. The van der Waals surface area contributed by atoms with Gasteiger partial charge in [0.15, 0.2) is 0 Å². The first-order valence-electron chi connectivity index (χ1n) is 18.0. The number of fused-ring (bicyclic) bond motifs is 4. The van der Waals surface area contributed by atoms with Crippen LogP contribution in [0.2, 0.25) is 0 Å². The predicted octanol–water partition coefficient (Wildman–Crippen LogP) is 11.7. The second kappa shape index (κ2) is 11.6. The van der Waals surface area contributed by atoms with Crippen molar-refractivity contribution in [3.8, 4) is 45.3 Å². The molecule has 0 unspecified atom stereocenters. The van der Waals surface area contributed by atoms with E-state index in [9.17, 15) is 0 Å². The quantitative estimate of drug-likeness (QED) is 0.165. The zero-order valence-corrected chi connectivity index (χ0v) is 33.4. The van der Waals surface area contributed by atoms with Crippen molar-refractivity contribution < 1.29 is 9.47 Å². The van der Waals surface area contributed by atoms with Crippen LogP contribution in [0.4, 0.5) is 0 Å². The minimum Gasteiger partial charge on any atom is -0.458 e. The Morgan fingerprint density at radius 1 is 0.400 bits per heavy atom. The molecular weight excluding hydrogens is 675 g/mol. The summed E-state index contributed by atoms with van der Waals surface area (Å²) in [5, 5.41) is 0. The van der Waals surface area contributed by atoms with E-state index in [1.54, 1.807) is 0 Å². The summed E-state index contributed by atoms with van der Waals surface area (Å²) >= 11 is 3.75. The van der Waals surface area contributed by atoms with Gasteiger partial charge in [0.25, 0.3) is 6.71 Å². The second-order valence-corrected chi connectivity index (χ2v) is 19.5. The fourth-order valence-corrected chi connectivity index (χ4v) is 7.56. The molecule has 0 aliphatic carbocycles. The van der Waals surface area contributed by atoms with Crippen LogP contribution in [0.25, 0.3) is 22.3 Å². The number of hydrogen-bond donors (Lipinski definition) is 0. The SMILES string of the molecule is CC(C)(C)c1cc(-c2ccc3c(c2)Oc2cc(Br)cc4c2B3c2ccc(-c3cc(C(C)(C)C)cc(C(C)(C)C)c3)cc2O4)cc(C(C)(C)C)c1. The Hall–Kier alpha value is -3.76. The molecule has 50 heavy (non-hydrogen) atoms. The highest BCUT2D eigenvalue weighted by Crippen LogP contribution is 2.41. The van der Waals surface area contributed by atoms with Crippen LogP contribution in [0.3, 0.4) is 0 Å². The van der Waals surface area contributed by atoms with Gasteiger partial charge in [0, 0.05) is 9.94 Å². The van der Waals surface area contributed by atoms with E-state index in [1.165, 1.54) is 33.4 Å². The van der Waals surface area contributed by atoms with E-state index in [4.69, 9.17) is 9.47 Å². The molecule has 0 atom stereocenters. The van der Waals surface area contributed by atoms with E-state index in [0.717, 1.165) is 55.0 Å². The van der Waals surface area contributed by atoms with Crippen LogP contribution in [-0.2, 0) is 21.7 Å².